The summed E-state index contributed by atoms with van der Waals surface area (Å²) in [6, 6.07) is 8.84. The van der Waals surface area contributed by atoms with Gasteiger partial charge in [-0.3, -0.25) is 5.32 Å². The van der Waals surface area contributed by atoms with Crippen LogP contribution in [0, 0.1) is 0 Å². The largest absolute Gasteiger partial charge is 0.479 e. The highest BCUT2D eigenvalue weighted by Gasteiger charge is 2.49. The number of nitrogens with one attached hydrogen (secondary N) is 1. The molecule has 1 rings (SSSR count). The maximum absolute atomic E-state index is 12.7. The maximum atomic E-state index is 12.7. The second-order valence-corrected chi connectivity index (χ2v) is 7.14. The summed E-state index contributed by atoms with van der Waals surface area (Å²) in [5, 5.41) is 11.9. The van der Waals surface area contributed by atoms with Crippen molar-refractivity contribution in [2.24, 2.45) is 5.73 Å². The number of nitrogens with two attached hydrogens (primary N) is 1. The fourth-order valence-electron chi connectivity index (χ4n) is 2.32. The summed E-state index contributed by atoms with van der Waals surface area (Å²) in [6.45, 7) is 5.13. The Morgan fingerprint density at radius 3 is 2.26 bits per heavy atom. The number of rotatable bonds is 9. The summed E-state index contributed by atoms with van der Waals surface area (Å²) in [6.07, 6.45) is -0.350. The van der Waals surface area contributed by atoms with Gasteiger partial charge >= 0.3 is 18.0 Å². The highest BCUT2D eigenvalue weighted by molar-refractivity contribution is 6.06. The first-order chi connectivity index (χ1) is 12.6. The van der Waals surface area contributed by atoms with Gasteiger partial charge < -0.3 is 20.3 Å². The van der Waals surface area contributed by atoms with E-state index in [-0.39, 0.29) is 13.0 Å². The molecule has 0 spiro atoms. The van der Waals surface area contributed by atoms with Gasteiger partial charge in [-0.25, -0.2) is 14.4 Å². The Morgan fingerprint density at radius 2 is 1.74 bits per heavy atom. The van der Waals surface area contributed by atoms with Crippen LogP contribution in [-0.2, 0) is 25.7 Å². The molecule has 1 atom stereocenters. The molecule has 27 heavy (non-hydrogen) atoms. The number of hydrogen-bond acceptors (Lipinski definition) is 6. The number of ether oxygens (including phenoxy) is 2. The molecule has 0 aliphatic heterocycles. The molecule has 0 aliphatic carbocycles. The summed E-state index contributed by atoms with van der Waals surface area (Å²) < 4.78 is 10.3. The lowest BCUT2D eigenvalue weighted by molar-refractivity contribution is -0.164. The quantitative estimate of drug-likeness (QED) is 0.340. The molecule has 8 heteroatoms. The van der Waals surface area contributed by atoms with Gasteiger partial charge in [-0.2, -0.15) is 0 Å². The number of benzene rings is 1. The van der Waals surface area contributed by atoms with Crippen LogP contribution in [0.1, 0.15) is 45.6 Å². The zero-order valence-electron chi connectivity index (χ0n) is 16.0. The first-order valence-electron chi connectivity index (χ1n) is 8.76. The summed E-state index contributed by atoms with van der Waals surface area (Å²) >= 11 is 0. The predicted molar refractivity (Wildman–Crippen MR) is 98.9 cm³/mol. The Labute approximate surface area is 159 Å². The van der Waals surface area contributed by atoms with Crippen molar-refractivity contribution in [2.75, 3.05) is 6.54 Å². The molecule has 0 saturated carbocycles. The third kappa shape index (κ3) is 7.26. The van der Waals surface area contributed by atoms with E-state index in [9.17, 15) is 19.5 Å². The minimum Gasteiger partial charge on any atom is -0.479 e. The average molecular weight is 380 g/mol. The van der Waals surface area contributed by atoms with E-state index >= 15 is 0 Å². The van der Waals surface area contributed by atoms with E-state index < -0.39 is 29.2 Å². The van der Waals surface area contributed by atoms with Crippen molar-refractivity contribution in [1.82, 2.24) is 5.32 Å². The van der Waals surface area contributed by atoms with Gasteiger partial charge in [-0.15, -0.1) is 0 Å². The number of carbonyl (C=O) groups is 3. The molecule has 150 valence electrons. The number of carboxylic acids is 1. The number of unbranched alkanes of at least 4 members (excludes halogenated alkanes) is 1. The standard InChI is InChI=1S/C19H28N2O6/c1-18(2,3)27-17(25)21-19(15(22)23,11-7-8-12-20)16(24)26-13-14-9-5-4-6-10-14/h4-6,9-10H,7-8,11-13,20H2,1-3H3,(H,21,25)(H,22,23). The van der Waals surface area contributed by atoms with Crippen LogP contribution >= 0.6 is 0 Å². The molecule has 0 bridgehead atoms. The van der Waals surface area contributed by atoms with Crippen LogP contribution in [0.15, 0.2) is 30.3 Å². The highest BCUT2D eigenvalue weighted by Crippen LogP contribution is 2.20. The van der Waals surface area contributed by atoms with Crippen molar-refractivity contribution < 1.29 is 29.0 Å². The summed E-state index contributed by atoms with van der Waals surface area (Å²) in [5.41, 5.74) is 3.06. The number of amides is 1. The molecule has 0 heterocycles. The van der Waals surface area contributed by atoms with Gasteiger partial charge in [0.05, 0.1) is 0 Å². The molecule has 1 unspecified atom stereocenters. The predicted octanol–water partition coefficient (Wildman–Crippen LogP) is 2.21. The Bertz CT molecular complexity index is 641. The van der Waals surface area contributed by atoms with E-state index in [4.69, 9.17) is 15.2 Å². The van der Waals surface area contributed by atoms with E-state index in [1.807, 2.05) is 6.07 Å². The van der Waals surface area contributed by atoms with E-state index in [1.54, 1.807) is 45.0 Å². The van der Waals surface area contributed by atoms with Crippen LogP contribution in [0.25, 0.3) is 0 Å². The monoisotopic (exact) mass is 380 g/mol. The van der Waals surface area contributed by atoms with Crippen LogP contribution in [-0.4, -0.2) is 40.8 Å². The molecule has 0 fully saturated rings. The molecule has 0 saturated heterocycles. The molecule has 0 aromatic heterocycles. The van der Waals surface area contributed by atoms with Gasteiger partial charge in [-0.05, 0) is 52.1 Å². The molecule has 4 N–H and O–H groups in total. The third-order valence-corrected chi connectivity index (χ3v) is 3.65. The number of alkyl carbamates (subject to hydrolysis) is 1. The fraction of sp³-hybridized carbons (Fsp3) is 0.526. The first kappa shape index (κ1) is 22.4. The molecule has 8 nitrogen and oxygen atoms in total. The number of hydrogen-bond donors (Lipinski definition) is 3. The highest BCUT2D eigenvalue weighted by atomic mass is 16.6. The zero-order chi connectivity index (χ0) is 20.5. The molecule has 0 radical (unpaired) electrons. The molecular formula is C19H28N2O6. The van der Waals surface area contributed by atoms with Crippen LogP contribution in [0.2, 0.25) is 0 Å². The van der Waals surface area contributed by atoms with E-state index in [0.29, 0.717) is 24.9 Å². The lowest BCUT2D eigenvalue weighted by Gasteiger charge is -2.30. The normalized spacial score (nSPS) is 13.3. The van der Waals surface area contributed by atoms with Crippen LogP contribution < -0.4 is 11.1 Å². The van der Waals surface area contributed by atoms with Crippen molar-refractivity contribution in [1.29, 1.82) is 0 Å². The van der Waals surface area contributed by atoms with Crippen molar-refractivity contribution in [3.8, 4) is 0 Å². The van der Waals surface area contributed by atoms with E-state index in [0.717, 1.165) is 0 Å². The minimum absolute atomic E-state index is 0.110. The molecule has 0 aliphatic rings. The lowest BCUT2D eigenvalue weighted by Crippen LogP contribution is -2.61. The number of carboxylic acid groups (broad SMARTS) is 1. The van der Waals surface area contributed by atoms with Gasteiger partial charge in [-0.1, -0.05) is 30.3 Å². The second kappa shape index (κ2) is 9.91. The Hall–Kier alpha value is -2.61. The van der Waals surface area contributed by atoms with Gasteiger partial charge in [0.15, 0.2) is 0 Å². The average Bonchev–Trinajstić information content (AvgIpc) is 2.58. The van der Waals surface area contributed by atoms with Gasteiger partial charge in [0, 0.05) is 0 Å². The molecular weight excluding hydrogens is 352 g/mol. The SMILES string of the molecule is CC(C)(C)OC(=O)NC(CCCCN)(C(=O)O)C(=O)OCc1ccccc1. The lowest BCUT2D eigenvalue weighted by atomic mass is 9.92. The summed E-state index contributed by atoms with van der Waals surface area (Å²) in [4.78, 5) is 36.8. The van der Waals surface area contributed by atoms with Crippen LogP contribution in [0.4, 0.5) is 4.79 Å². The van der Waals surface area contributed by atoms with E-state index in [2.05, 4.69) is 5.32 Å². The summed E-state index contributed by atoms with van der Waals surface area (Å²) in [5.74, 6) is -2.56. The van der Waals surface area contributed by atoms with Gasteiger partial charge in [0.25, 0.3) is 0 Å². The maximum Gasteiger partial charge on any atom is 0.409 e. The van der Waals surface area contributed by atoms with Crippen molar-refractivity contribution in [3.63, 3.8) is 0 Å². The van der Waals surface area contributed by atoms with Crippen molar-refractivity contribution in [2.45, 2.75) is 57.8 Å². The number of esters is 1. The molecule has 1 aromatic rings. The van der Waals surface area contributed by atoms with Crippen molar-refractivity contribution >= 4 is 18.0 Å². The van der Waals surface area contributed by atoms with Gasteiger partial charge in [0.1, 0.15) is 12.2 Å². The van der Waals surface area contributed by atoms with Crippen molar-refractivity contribution in [3.05, 3.63) is 35.9 Å². The Balaban J connectivity index is 2.99. The Morgan fingerprint density at radius 1 is 1.11 bits per heavy atom. The van der Waals surface area contributed by atoms with Gasteiger partial charge in [0.2, 0.25) is 5.54 Å². The fourth-order valence-corrected chi connectivity index (χ4v) is 2.32. The Kier molecular flexibility index (Phi) is 8.24. The smallest absolute Gasteiger partial charge is 0.409 e. The molecule has 1 amide bonds. The summed E-state index contributed by atoms with van der Waals surface area (Å²) in [7, 11) is 0. The molecule has 1 aromatic carbocycles. The number of carbonyl (C=O) groups excluding carboxylic acids is 2. The van der Waals surface area contributed by atoms with Crippen LogP contribution in [0.5, 0.6) is 0 Å². The number of aliphatic carboxylic acids is 1. The zero-order valence-corrected chi connectivity index (χ0v) is 16.0. The third-order valence-electron chi connectivity index (χ3n) is 3.65. The minimum atomic E-state index is -2.24. The first-order valence-corrected chi connectivity index (χ1v) is 8.76. The van der Waals surface area contributed by atoms with E-state index in [1.165, 1.54) is 0 Å². The second-order valence-electron chi connectivity index (χ2n) is 7.14. The van der Waals surface area contributed by atoms with Crippen LogP contribution in [0.3, 0.4) is 0 Å². The topological polar surface area (TPSA) is 128 Å².